The Balaban J connectivity index is 1.43. The van der Waals surface area contributed by atoms with E-state index in [9.17, 15) is 0 Å². The van der Waals surface area contributed by atoms with Crippen molar-refractivity contribution < 1.29 is 0 Å². The highest BCUT2D eigenvalue weighted by Crippen LogP contribution is 2.57. The monoisotopic (exact) mass is 577 g/mol. The fourth-order valence-corrected chi connectivity index (χ4v) is 8.61. The highest BCUT2D eigenvalue weighted by molar-refractivity contribution is 7.99. The highest BCUT2D eigenvalue weighted by atomic mass is 32.2. The van der Waals surface area contributed by atoms with Crippen LogP contribution in [0.15, 0.2) is 174 Å². The van der Waals surface area contributed by atoms with Crippen LogP contribution in [0.5, 0.6) is 0 Å². The van der Waals surface area contributed by atoms with E-state index in [4.69, 9.17) is 4.98 Å². The fourth-order valence-electron chi connectivity index (χ4n) is 7.42. The Morgan fingerprint density at radius 1 is 0.386 bits per heavy atom. The second kappa shape index (κ2) is 9.94. The van der Waals surface area contributed by atoms with E-state index in [1.165, 1.54) is 59.9 Å². The molecule has 0 radical (unpaired) electrons. The van der Waals surface area contributed by atoms with Gasteiger partial charge < -0.3 is 0 Å². The number of hydrogen-bond acceptors (Lipinski definition) is 2. The van der Waals surface area contributed by atoms with Crippen LogP contribution in [-0.4, -0.2) is 4.98 Å². The average Bonchev–Trinajstić information content (AvgIpc) is 3.10. The maximum Gasteiger partial charge on any atom is 0.0786 e. The van der Waals surface area contributed by atoms with Crippen LogP contribution in [0.3, 0.4) is 0 Å². The van der Waals surface area contributed by atoms with Crippen LogP contribution in [0.2, 0.25) is 0 Å². The number of aromatic nitrogens is 1. The molecule has 0 N–H and O–H groups in total. The van der Waals surface area contributed by atoms with Gasteiger partial charge in [-0.15, -0.1) is 0 Å². The number of nitrogens with zero attached hydrogens (tertiary/aromatic N) is 1. The Morgan fingerprint density at radius 2 is 0.909 bits per heavy atom. The van der Waals surface area contributed by atoms with Gasteiger partial charge in [0.15, 0.2) is 0 Å². The second-order valence-corrected chi connectivity index (χ2v) is 12.5. The molecule has 0 spiro atoms. The Morgan fingerprint density at radius 3 is 1.61 bits per heavy atom. The Labute approximate surface area is 261 Å². The lowest BCUT2D eigenvalue weighted by molar-refractivity contribution is 0.703. The molecule has 7 aromatic rings. The zero-order valence-corrected chi connectivity index (χ0v) is 24.8. The van der Waals surface area contributed by atoms with Crippen LogP contribution in [-0.2, 0) is 5.41 Å². The number of rotatable bonds is 2. The molecule has 0 bridgehead atoms. The van der Waals surface area contributed by atoms with E-state index < -0.39 is 5.41 Å². The van der Waals surface area contributed by atoms with Crippen LogP contribution in [0.25, 0.3) is 44.6 Å². The van der Waals surface area contributed by atoms with Crippen LogP contribution < -0.4 is 0 Å². The van der Waals surface area contributed by atoms with Crippen molar-refractivity contribution in [3.63, 3.8) is 0 Å². The molecule has 2 heteroatoms. The van der Waals surface area contributed by atoms with Gasteiger partial charge in [-0.1, -0.05) is 145 Å². The molecule has 1 aliphatic carbocycles. The molecule has 0 atom stereocenters. The van der Waals surface area contributed by atoms with Gasteiger partial charge in [-0.3, -0.25) is 4.98 Å². The first-order valence-corrected chi connectivity index (χ1v) is 15.9. The minimum absolute atomic E-state index is 0.481. The van der Waals surface area contributed by atoms with Gasteiger partial charge in [0.2, 0.25) is 0 Å². The maximum absolute atomic E-state index is 4.92. The van der Waals surface area contributed by atoms with Crippen molar-refractivity contribution in [2.45, 2.75) is 15.2 Å². The number of pyridine rings is 1. The number of fused-ring (bicyclic) bond motifs is 10. The summed E-state index contributed by atoms with van der Waals surface area (Å²) in [6.45, 7) is 0. The van der Waals surface area contributed by atoms with Crippen LogP contribution in [0.1, 0.15) is 22.3 Å². The predicted molar refractivity (Wildman–Crippen MR) is 182 cm³/mol. The van der Waals surface area contributed by atoms with Gasteiger partial charge in [0.1, 0.15) is 0 Å². The second-order valence-electron chi connectivity index (χ2n) is 11.5. The lowest BCUT2D eigenvalue weighted by Gasteiger charge is -2.42. The topological polar surface area (TPSA) is 12.9 Å². The zero-order chi connectivity index (χ0) is 29.1. The van der Waals surface area contributed by atoms with E-state index in [-0.39, 0.29) is 0 Å². The van der Waals surface area contributed by atoms with Crippen molar-refractivity contribution in [1.29, 1.82) is 0 Å². The third-order valence-corrected chi connectivity index (χ3v) is 10.4. The van der Waals surface area contributed by atoms with E-state index in [0.717, 1.165) is 16.8 Å². The summed E-state index contributed by atoms with van der Waals surface area (Å²) in [6, 6.07) is 58.0. The summed E-state index contributed by atoms with van der Waals surface area (Å²) in [5.74, 6) is 0. The molecule has 9 rings (SSSR count). The molecular weight excluding hydrogens is 551 g/mol. The van der Waals surface area contributed by atoms with Crippen molar-refractivity contribution in [1.82, 2.24) is 4.98 Å². The van der Waals surface area contributed by atoms with Crippen molar-refractivity contribution >= 4 is 11.8 Å². The van der Waals surface area contributed by atoms with Gasteiger partial charge in [-0.2, -0.15) is 0 Å². The molecule has 44 heavy (non-hydrogen) atoms. The molecule has 0 fully saturated rings. The molecule has 2 aliphatic rings. The fraction of sp³-hybridized carbons (Fsp3) is 0.0238. The van der Waals surface area contributed by atoms with Gasteiger partial charge in [-0.25, -0.2) is 0 Å². The Kier molecular flexibility index (Phi) is 5.72. The number of benzene rings is 6. The predicted octanol–water partition coefficient (Wildman–Crippen LogP) is 10.9. The van der Waals surface area contributed by atoms with E-state index in [2.05, 4.69) is 158 Å². The molecule has 2 heterocycles. The molecular formula is C42H27NS. The summed E-state index contributed by atoms with van der Waals surface area (Å²) in [6.07, 6.45) is 1.91. The van der Waals surface area contributed by atoms with Crippen LogP contribution in [0.4, 0.5) is 0 Å². The summed E-state index contributed by atoms with van der Waals surface area (Å²) >= 11 is 1.87. The summed E-state index contributed by atoms with van der Waals surface area (Å²) < 4.78 is 0. The van der Waals surface area contributed by atoms with Gasteiger partial charge in [0.05, 0.1) is 11.1 Å². The lowest BCUT2D eigenvalue weighted by Crippen LogP contribution is -2.34. The molecule has 1 aliphatic heterocycles. The molecule has 0 amide bonds. The van der Waals surface area contributed by atoms with Crippen molar-refractivity contribution in [3.05, 3.63) is 186 Å². The molecule has 6 aromatic carbocycles. The van der Waals surface area contributed by atoms with Gasteiger partial charge >= 0.3 is 0 Å². The summed E-state index contributed by atoms with van der Waals surface area (Å²) in [5.41, 5.74) is 14.2. The van der Waals surface area contributed by atoms with Gasteiger partial charge in [-0.05, 0) is 74.3 Å². The quantitative estimate of drug-likeness (QED) is 0.203. The van der Waals surface area contributed by atoms with E-state index >= 15 is 0 Å². The minimum Gasteiger partial charge on any atom is -0.256 e. The SMILES string of the molecule is c1ccc(C2(c3ccc4c(c3)-c3ccccc3-c3cccnc3-c3ccccc3-4)c3ccccc3Sc3ccccc32)cc1. The third-order valence-electron chi connectivity index (χ3n) is 9.25. The highest BCUT2D eigenvalue weighted by Gasteiger charge is 2.44. The Hall–Kier alpha value is -5.18. The minimum atomic E-state index is -0.481. The molecule has 0 saturated carbocycles. The Bertz CT molecular complexity index is 2160. The normalized spacial score (nSPS) is 13.5. The molecule has 1 nitrogen and oxygen atoms in total. The lowest BCUT2D eigenvalue weighted by atomic mass is 9.64. The molecule has 206 valence electrons. The standard InChI is InChI=1S/C42H27NS/c1-2-13-28(14-3-1)42(37-20-8-10-22-39(37)44-40-23-11-9-21-38(40)42)29-24-25-33-31-16-6-7-18-34(31)41-35(19-12-26-43-41)30-15-4-5-17-32(30)36(33)27-29/h1-27H. The smallest absolute Gasteiger partial charge is 0.0786 e. The van der Waals surface area contributed by atoms with Gasteiger partial charge in [0, 0.05) is 27.1 Å². The average molecular weight is 578 g/mol. The van der Waals surface area contributed by atoms with E-state index in [0.29, 0.717) is 0 Å². The van der Waals surface area contributed by atoms with Gasteiger partial charge in [0.25, 0.3) is 0 Å². The van der Waals surface area contributed by atoms with Crippen LogP contribution in [0, 0.1) is 0 Å². The van der Waals surface area contributed by atoms with Crippen molar-refractivity contribution in [2.24, 2.45) is 0 Å². The maximum atomic E-state index is 4.92. The summed E-state index contributed by atoms with van der Waals surface area (Å²) in [4.78, 5) is 7.52. The molecule has 0 unspecified atom stereocenters. The first kappa shape index (κ1) is 25.3. The number of hydrogen-bond donors (Lipinski definition) is 0. The first-order valence-electron chi connectivity index (χ1n) is 15.1. The third kappa shape index (κ3) is 3.58. The first-order chi connectivity index (χ1) is 21.8. The van der Waals surface area contributed by atoms with Crippen molar-refractivity contribution in [2.75, 3.05) is 0 Å². The zero-order valence-electron chi connectivity index (χ0n) is 23.9. The largest absolute Gasteiger partial charge is 0.256 e. The summed E-state index contributed by atoms with van der Waals surface area (Å²) in [7, 11) is 0. The van der Waals surface area contributed by atoms with Crippen molar-refractivity contribution in [3.8, 4) is 44.6 Å². The summed E-state index contributed by atoms with van der Waals surface area (Å²) in [5, 5.41) is 0. The molecule has 1 aromatic heterocycles. The van der Waals surface area contributed by atoms with Crippen LogP contribution >= 0.6 is 11.8 Å². The van der Waals surface area contributed by atoms with E-state index in [1.807, 2.05) is 18.0 Å². The molecule has 0 saturated heterocycles. The van der Waals surface area contributed by atoms with E-state index in [1.54, 1.807) is 0 Å².